The Morgan fingerprint density at radius 2 is 1.73 bits per heavy atom. The zero-order valence-electron chi connectivity index (χ0n) is 9.36. The van der Waals surface area contributed by atoms with Gasteiger partial charge in [0.15, 0.2) is 0 Å². The average Bonchev–Trinajstić information content (AvgIpc) is 1.96. The highest BCUT2D eigenvalue weighted by molar-refractivity contribution is 6.41. The topological polar surface area (TPSA) is 77.3 Å². The lowest BCUT2D eigenvalue weighted by molar-refractivity contribution is -0.526. The van der Waals surface area contributed by atoms with E-state index >= 15 is 0 Å². The maximum Gasteiger partial charge on any atom is 0.282 e. The summed E-state index contributed by atoms with van der Waals surface area (Å²) in [5.74, 6) is -1.48. The lowest BCUT2D eigenvalue weighted by Crippen LogP contribution is -2.56. The fourth-order valence-corrected chi connectivity index (χ4v) is 2.51. The van der Waals surface area contributed by atoms with Crippen molar-refractivity contribution in [1.82, 2.24) is 0 Å². The predicted molar refractivity (Wildman–Crippen MR) is 53.0 cm³/mol. The third-order valence-corrected chi connectivity index (χ3v) is 2.94. The fourth-order valence-electron chi connectivity index (χ4n) is 2.51. The number of hydrogen-bond donors (Lipinski definition) is 0. The third-order valence-electron chi connectivity index (χ3n) is 2.94. The first-order chi connectivity index (χ1) is 6.59. The number of carbonyl (C=O) groups excluding carboxylic acids is 2. The van der Waals surface area contributed by atoms with Crippen molar-refractivity contribution in [1.29, 1.82) is 0 Å². The normalized spacial score (nSPS) is 28.9. The van der Waals surface area contributed by atoms with E-state index in [9.17, 15) is 19.7 Å². The maximum atomic E-state index is 11.6. The second-order valence-electron chi connectivity index (χ2n) is 5.43. The molecule has 0 amide bonds. The standard InChI is InChI=1S/C10H15NO4/c1-9(2)5-10(3,4)8(13)6(12)7(9)11(14)15/h7H,5H2,1-4H3. The number of hydrogen-bond acceptors (Lipinski definition) is 4. The van der Waals surface area contributed by atoms with Crippen molar-refractivity contribution < 1.29 is 14.5 Å². The first kappa shape index (κ1) is 11.8. The molecule has 1 aliphatic carbocycles. The van der Waals surface area contributed by atoms with Gasteiger partial charge in [0.1, 0.15) is 0 Å². The van der Waals surface area contributed by atoms with Gasteiger partial charge in [-0.15, -0.1) is 0 Å². The van der Waals surface area contributed by atoms with Crippen LogP contribution in [0.2, 0.25) is 0 Å². The summed E-state index contributed by atoms with van der Waals surface area (Å²) < 4.78 is 0. The number of ketones is 2. The van der Waals surface area contributed by atoms with E-state index in [-0.39, 0.29) is 0 Å². The molecule has 84 valence electrons. The first-order valence-electron chi connectivity index (χ1n) is 4.82. The van der Waals surface area contributed by atoms with E-state index in [4.69, 9.17) is 0 Å². The number of nitrogens with zero attached hydrogens (tertiary/aromatic N) is 1. The molecule has 0 aromatic carbocycles. The van der Waals surface area contributed by atoms with Gasteiger partial charge in [-0.1, -0.05) is 27.7 Å². The molecule has 1 rings (SSSR count). The molecule has 0 spiro atoms. The number of nitro groups is 1. The van der Waals surface area contributed by atoms with Crippen LogP contribution in [0.1, 0.15) is 34.1 Å². The molecule has 1 unspecified atom stereocenters. The van der Waals surface area contributed by atoms with E-state index in [0.717, 1.165) is 0 Å². The van der Waals surface area contributed by atoms with Crippen LogP contribution in [-0.4, -0.2) is 22.5 Å². The van der Waals surface area contributed by atoms with Crippen LogP contribution in [0.25, 0.3) is 0 Å². The first-order valence-corrected chi connectivity index (χ1v) is 4.82. The highest BCUT2D eigenvalue weighted by Gasteiger charge is 2.57. The van der Waals surface area contributed by atoms with Crippen molar-refractivity contribution in [2.24, 2.45) is 10.8 Å². The molecule has 1 aliphatic rings. The Labute approximate surface area is 88.0 Å². The van der Waals surface area contributed by atoms with Crippen LogP contribution in [0.4, 0.5) is 0 Å². The van der Waals surface area contributed by atoms with Gasteiger partial charge in [-0.2, -0.15) is 0 Å². The van der Waals surface area contributed by atoms with Crippen LogP contribution in [0.5, 0.6) is 0 Å². The van der Waals surface area contributed by atoms with E-state index in [1.165, 1.54) is 0 Å². The molecule has 0 N–H and O–H groups in total. The van der Waals surface area contributed by atoms with Crippen molar-refractivity contribution in [3.8, 4) is 0 Å². The average molecular weight is 213 g/mol. The Bertz CT molecular complexity index is 343. The highest BCUT2D eigenvalue weighted by Crippen LogP contribution is 2.43. The van der Waals surface area contributed by atoms with Crippen molar-refractivity contribution in [2.75, 3.05) is 0 Å². The van der Waals surface area contributed by atoms with Gasteiger partial charge in [0, 0.05) is 15.8 Å². The van der Waals surface area contributed by atoms with E-state index in [2.05, 4.69) is 0 Å². The second kappa shape index (κ2) is 3.12. The number of carbonyl (C=O) groups is 2. The summed E-state index contributed by atoms with van der Waals surface area (Å²) in [7, 11) is 0. The number of Topliss-reactive ketones (excluding diaryl/α,β-unsaturated/α-hetero) is 2. The monoisotopic (exact) mass is 213 g/mol. The lowest BCUT2D eigenvalue weighted by atomic mass is 9.62. The Morgan fingerprint density at radius 1 is 1.27 bits per heavy atom. The van der Waals surface area contributed by atoms with Crippen LogP contribution in [0.3, 0.4) is 0 Å². The third kappa shape index (κ3) is 1.78. The van der Waals surface area contributed by atoms with E-state index in [1.54, 1.807) is 27.7 Å². The van der Waals surface area contributed by atoms with E-state index in [0.29, 0.717) is 6.42 Å². The smallest absolute Gasteiger partial charge is 0.282 e. The quantitative estimate of drug-likeness (QED) is 0.373. The predicted octanol–water partition coefficient (Wildman–Crippen LogP) is 1.23. The molecule has 5 nitrogen and oxygen atoms in total. The van der Waals surface area contributed by atoms with Gasteiger partial charge in [0.2, 0.25) is 5.78 Å². The zero-order chi connectivity index (χ0) is 12.0. The molecule has 15 heavy (non-hydrogen) atoms. The molecule has 0 radical (unpaired) electrons. The molecule has 0 aliphatic heterocycles. The summed E-state index contributed by atoms with van der Waals surface area (Å²) >= 11 is 0. The molecule has 1 saturated carbocycles. The van der Waals surface area contributed by atoms with Gasteiger partial charge in [-0.3, -0.25) is 19.7 Å². The summed E-state index contributed by atoms with van der Waals surface area (Å²) in [5, 5.41) is 10.8. The lowest BCUT2D eigenvalue weighted by Gasteiger charge is -2.39. The van der Waals surface area contributed by atoms with E-state index < -0.39 is 33.4 Å². The van der Waals surface area contributed by atoms with Crippen LogP contribution in [-0.2, 0) is 9.59 Å². The summed E-state index contributed by atoms with van der Waals surface area (Å²) in [6.45, 7) is 6.63. The zero-order valence-corrected chi connectivity index (χ0v) is 9.36. The number of rotatable bonds is 1. The van der Waals surface area contributed by atoms with Gasteiger partial charge < -0.3 is 0 Å². The Hall–Kier alpha value is -1.26. The van der Waals surface area contributed by atoms with E-state index in [1.807, 2.05) is 0 Å². The van der Waals surface area contributed by atoms with Crippen molar-refractivity contribution in [3.05, 3.63) is 10.1 Å². The molecule has 0 aromatic heterocycles. The van der Waals surface area contributed by atoms with Crippen LogP contribution >= 0.6 is 0 Å². The molecule has 5 heteroatoms. The van der Waals surface area contributed by atoms with Gasteiger partial charge in [-0.25, -0.2) is 0 Å². The van der Waals surface area contributed by atoms with Crippen LogP contribution in [0, 0.1) is 20.9 Å². The SMILES string of the molecule is CC1(C)CC(C)(C)C([N+](=O)[O-])C(=O)C1=O. The maximum absolute atomic E-state index is 11.6. The van der Waals surface area contributed by atoms with Crippen molar-refractivity contribution in [3.63, 3.8) is 0 Å². The Morgan fingerprint density at radius 3 is 2.13 bits per heavy atom. The molecule has 1 atom stereocenters. The molecule has 0 saturated heterocycles. The Kier molecular flexibility index (Phi) is 2.45. The Balaban J connectivity index is 3.19. The summed E-state index contributed by atoms with van der Waals surface area (Å²) in [6.07, 6.45) is 0.357. The highest BCUT2D eigenvalue weighted by atomic mass is 16.6. The molecular weight excluding hydrogens is 198 g/mol. The summed E-state index contributed by atoms with van der Waals surface area (Å²) in [5.41, 5.74) is -1.55. The van der Waals surface area contributed by atoms with Crippen LogP contribution < -0.4 is 0 Å². The van der Waals surface area contributed by atoms with Gasteiger partial charge >= 0.3 is 0 Å². The molecule has 0 bridgehead atoms. The van der Waals surface area contributed by atoms with Gasteiger partial charge in [-0.05, 0) is 6.42 Å². The van der Waals surface area contributed by atoms with Gasteiger partial charge in [0.25, 0.3) is 11.8 Å². The molecule has 0 aromatic rings. The molecular formula is C10H15NO4. The minimum atomic E-state index is -1.39. The summed E-state index contributed by atoms with van der Waals surface area (Å²) in [4.78, 5) is 33.3. The largest absolute Gasteiger partial charge is 0.290 e. The minimum Gasteiger partial charge on any atom is -0.290 e. The van der Waals surface area contributed by atoms with Gasteiger partial charge in [0.05, 0.1) is 0 Å². The molecule has 1 fully saturated rings. The second-order valence-corrected chi connectivity index (χ2v) is 5.43. The van der Waals surface area contributed by atoms with Crippen LogP contribution in [0.15, 0.2) is 0 Å². The van der Waals surface area contributed by atoms with Crippen molar-refractivity contribution >= 4 is 11.6 Å². The minimum absolute atomic E-state index is 0.357. The van der Waals surface area contributed by atoms with Crippen molar-refractivity contribution in [2.45, 2.75) is 40.2 Å². The summed E-state index contributed by atoms with van der Waals surface area (Å²) in [6, 6.07) is -1.39. The fraction of sp³-hybridized carbons (Fsp3) is 0.800. The molecule has 0 heterocycles.